The van der Waals surface area contributed by atoms with Crippen molar-refractivity contribution in [1.29, 1.82) is 0 Å². The van der Waals surface area contributed by atoms with Crippen LogP contribution in [0.15, 0.2) is 40.4 Å². The number of ether oxygens (including phenoxy) is 2. The van der Waals surface area contributed by atoms with Crippen LogP contribution in [0.2, 0.25) is 0 Å². The van der Waals surface area contributed by atoms with Gasteiger partial charge in [0, 0.05) is 28.2 Å². The maximum atomic E-state index is 12.8. The molecule has 3 aliphatic rings. The van der Waals surface area contributed by atoms with Crippen LogP contribution in [0.25, 0.3) is 6.08 Å². The maximum Gasteiger partial charge on any atom is 0.255 e. The Labute approximate surface area is 171 Å². The van der Waals surface area contributed by atoms with Gasteiger partial charge in [0.2, 0.25) is 0 Å². The minimum atomic E-state index is -0.258. The van der Waals surface area contributed by atoms with Gasteiger partial charge in [-0.1, -0.05) is 28.1 Å². The van der Waals surface area contributed by atoms with Gasteiger partial charge in [-0.3, -0.25) is 4.79 Å². The zero-order valence-corrected chi connectivity index (χ0v) is 17.0. The van der Waals surface area contributed by atoms with E-state index < -0.39 is 0 Å². The molecule has 0 aromatic heterocycles. The van der Waals surface area contributed by atoms with Gasteiger partial charge >= 0.3 is 0 Å². The molecule has 2 aromatic rings. The molecule has 1 amide bonds. The topological polar surface area (TPSA) is 76.8 Å². The number of fused-ring (bicyclic) bond motifs is 1. The lowest BCUT2D eigenvalue weighted by atomic mass is 9.90. The largest absolute Gasteiger partial charge is 0.493 e. The first-order chi connectivity index (χ1) is 13.6. The molecule has 144 valence electrons. The summed E-state index contributed by atoms with van der Waals surface area (Å²) in [6, 6.07) is 9.62. The van der Waals surface area contributed by atoms with Crippen LogP contribution in [0, 0.1) is 0 Å². The van der Waals surface area contributed by atoms with Gasteiger partial charge in [0.05, 0.1) is 18.4 Å². The maximum absolute atomic E-state index is 12.8. The summed E-state index contributed by atoms with van der Waals surface area (Å²) in [6.07, 6.45) is 2.67. The fourth-order valence-corrected chi connectivity index (χ4v) is 4.75. The Hall–Kier alpha value is -2.51. The van der Waals surface area contributed by atoms with Crippen LogP contribution < -0.4 is 25.4 Å². The molecule has 2 aromatic carbocycles. The molecule has 2 atom stereocenters. The molecule has 0 saturated heterocycles. The van der Waals surface area contributed by atoms with Crippen LogP contribution in [0.3, 0.4) is 0 Å². The number of amides is 1. The standard InChI is InChI=1S/C21H20BrN3O3/c1-27-17-9-13(22)8-11-7-12(10-28-19(11)17)20-24-21(26)15-4-2-3-14-16(23)5-6-25(20)18(14)15/h2-4,7-9,16,20H,5-6,10,23H2,1H3,(H,24,26)/t16-,20-/m1/s1. The number of rotatable bonds is 2. The van der Waals surface area contributed by atoms with E-state index in [0.29, 0.717) is 17.9 Å². The molecule has 28 heavy (non-hydrogen) atoms. The van der Waals surface area contributed by atoms with Crippen molar-refractivity contribution in [3.63, 3.8) is 0 Å². The zero-order valence-electron chi connectivity index (χ0n) is 15.4. The van der Waals surface area contributed by atoms with Gasteiger partial charge in [0.25, 0.3) is 5.91 Å². The number of carbonyl (C=O) groups is 1. The van der Waals surface area contributed by atoms with Gasteiger partial charge in [0.1, 0.15) is 12.8 Å². The van der Waals surface area contributed by atoms with E-state index in [-0.39, 0.29) is 18.1 Å². The predicted octanol–water partition coefficient (Wildman–Crippen LogP) is 3.21. The molecule has 0 aliphatic carbocycles. The number of nitrogens with two attached hydrogens (primary N) is 1. The molecule has 0 fully saturated rings. The van der Waals surface area contributed by atoms with Crippen LogP contribution in [0.4, 0.5) is 5.69 Å². The number of benzene rings is 2. The lowest BCUT2D eigenvalue weighted by Gasteiger charge is -2.45. The number of nitrogens with zero attached hydrogens (tertiary/aromatic N) is 1. The molecule has 7 heteroatoms. The quantitative estimate of drug-likeness (QED) is 0.747. The van der Waals surface area contributed by atoms with Gasteiger partial charge in [0.15, 0.2) is 11.5 Å². The number of anilines is 1. The lowest BCUT2D eigenvalue weighted by Crippen LogP contribution is -2.57. The van der Waals surface area contributed by atoms with Crippen LogP contribution in [-0.2, 0) is 0 Å². The van der Waals surface area contributed by atoms with E-state index in [9.17, 15) is 4.79 Å². The van der Waals surface area contributed by atoms with Crippen molar-refractivity contribution in [3.05, 3.63) is 57.1 Å². The van der Waals surface area contributed by atoms with Gasteiger partial charge in [-0.15, -0.1) is 0 Å². The van der Waals surface area contributed by atoms with Crippen LogP contribution in [-0.4, -0.2) is 32.3 Å². The van der Waals surface area contributed by atoms with Crippen molar-refractivity contribution in [2.75, 3.05) is 25.2 Å². The Morgan fingerprint density at radius 1 is 1.36 bits per heavy atom. The summed E-state index contributed by atoms with van der Waals surface area (Å²) in [6.45, 7) is 1.16. The fraction of sp³-hybridized carbons (Fsp3) is 0.286. The Bertz CT molecular complexity index is 1020. The number of nitrogens with one attached hydrogen (secondary N) is 1. The molecule has 3 aliphatic heterocycles. The molecule has 6 nitrogen and oxygen atoms in total. The molecule has 0 bridgehead atoms. The average molecular weight is 442 g/mol. The Morgan fingerprint density at radius 2 is 2.21 bits per heavy atom. The molecule has 0 saturated carbocycles. The van der Waals surface area contributed by atoms with Gasteiger partial charge in [-0.2, -0.15) is 0 Å². The monoisotopic (exact) mass is 441 g/mol. The van der Waals surface area contributed by atoms with E-state index >= 15 is 0 Å². The molecule has 0 spiro atoms. The van der Waals surface area contributed by atoms with E-state index in [0.717, 1.165) is 45.6 Å². The second kappa shape index (κ2) is 6.53. The summed E-state index contributed by atoms with van der Waals surface area (Å²) < 4.78 is 12.4. The molecule has 3 N–H and O–H groups in total. The minimum Gasteiger partial charge on any atom is -0.493 e. The molecule has 3 heterocycles. The van der Waals surface area contributed by atoms with Crippen molar-refractivity contribution in [3.8, 4) is 11.5 Å². The number of para-hydroxylation sites is 1. The third-order valence-electron chi connectivity index (χ3n) is 5.60. The first-order valence-corrected chi connectivity index (χ1v) is 10.0. The number of carbonyl (C=O) groups excluding carboxylic acids is 1. The highest BCUT2D eigenvalue weighted by Gasteiger charge is 2.38. The first-order valence-electron chi connectivity index (χ1n) is 9.23. The minimum absolute atomic E-state index is 0.0460. The Balaban J connectivity index is 1.60. The number of methoxy groups -OCH3 is 1. The number of halogens is 1. The number of hydrogen-bond acceptors (Lipinski definition) is 5. The van der Waals surface area contributed by atoms with Crippen LogP contribution in [0.1, 0.15) is 33.9 Å². The second-order valence-electron chi connectivity index (χ2n) is 7.24. The lowest BCUT2D eigenvalue weighted by molar-refractivity contribution is 0.0930. The smallest absolute Gasteiger partial charge is 0.255 e. The van der Waals surface area contributed by atoms with E-state index in [1.807, 2.05) is 30.3 Å². The highest BCUT2D eigenvalue weighted by atomic mass is 79.9. The highest BCUT2D eigenvalue weighted by Crippen LogP contribution is 2.42. The summed E-state index contributed by atoms with van der Waals surface area (Å²) in [5, 5.41) is 3.15. The summed E-state index contributed by atoms with van der Waals surface area (Å²) in [5.74, 6) is 1.33. The molecule has 0 unspecified atom stereocenters. The Morgan fingerprint density at radius 3 is 3.04 bits per heavy atom. The summed E-state index contributed by atoms with van der Waals surface area (Å²) in [5.41, 5.74) is 10.9. The summed E-state index contributed by atoms with van der Waals surface area (Å²) in [7, 11) is 1.63. The number of hydrogen-bond donors (Lipinski definition) is 2. The van der Waals surface area contributed by atoms with E-state index in [1.165, 1.54) is 0 Å². The molecule has 5 rings (SSSR count). The predicted molar refractivity (Wildman–Crippen MR) is 111 cm³/mol. The zero-order chi connectivity index (χ0) is 19.4. The van der Waals surface area contributed by atoms with Gasteiger partial charge in [-0.25, -0.2) is 0 Å². The third-order valence-corrected chi connectivity index (χ3v) is 6.06. The van der Waals surface area contributed by atoms with Crippen molar-refractivity contribution in [2.24, 2.45) is 5.73 Å². The first kappa shape index (κ1) is 17.6. The van der Waals surface area contributed by atoms with E-state index in [4.69, 9.17) is 15.2 Å². The van der Waals surface area contributed by atoms with E-state index in [1.54, 1.807) is 7.11 Å². The SMILES string of the molecule is COc1cc(Br)cc2c1OCC([C@@H]1NC(=O)c3cccc4c3N1CC[C@H]4N)=C2. The van der Waals surface area contributed by atoms with Crippen LogP contribution >= 0.6 is 15.9 Å². The van der Waals surface area contributed by atoms with Crippen molar-refractivity contribution in [1.82, 2.24) is 5.32 Å². The van der Waals surface area contributed by atoms with Crippen LogP contribution in [0.5, 0.6) is 11.5 Å². The Kier molecular flexibility index (Phi) is 4.10. The van der Waals surface area contributed by atoms with Crippen molar-refractivity contribution < 1.29 is 14.3 Å². The van der Waals surface area contributed by atoms with Crippen molar-refractivity contribution >= 4 is 33.6 Å². The highest BCUT2D eigenvalue weighted by molar-refractivity contribution is 9.10. The summed E-state index contributed by atoms with van der Waals surface area (Å²) >= 11 is 3.52. The molecular weight excluding hydrogens is 422 g/mol. The fourth-order valence-electron chi connectivity index (χ4n) is 4.30. The van der Waals surface area contributed by atoms with E-state index in [2.05, 4.69) is 32.2 Å². The normalized spacial score (nSPS) is 22.5. The van der Waals surface area contributed by atoms with Crippen molar-refractivity contribution in [2.45, 2.75) is 18.6 Å². The molecular formula is C21H20BrN3O3. The van der Waals surface area contributed by atoms with Gasteiger partial charge < -0.3 is 25.4 Å². The average Bonchev–Trinajstić information content (AvgIpc) is 2.71. The molecule has 0 radical (unpaired) electrons. The van der Waals surface area contributed by atoms with Gasteiger partial charge in [-0.05, 0) is 36.3 Å². The third kappa shape index (κ3) is 2.61. The summed E-state index contributed by atoms with van der Waals surface area (Å²) in [4.78, 5) is 15.0. The second-order valence-corrected chi connectivity index (χ2v) is 8.16.